The maximum atomic E-state index is 12.0. The van der Waals surface area contributed by atoms with E-state index in [2.05, 4.69) is 10.3 Å². The van der Waals surface area contributed by atoms with Crippen molar-refractivity contribution >= 4 is 38.6 Å². The molecule has 0 saturated carbocycles. The second-order valence-corrected chi connectivity index (χ2v) is 7.41. The normalized spacial score (nSPS) is 11.6. The van der Waals surface area contributed by atoms with Crippen LogP contribution in [0.2, 0.25) is 0 Å². The van der Waals surface area contributed by atoms with E-state index in [1.54, 1.807) is 26.8 Å². The number of hydrogen-bond acceptors (Lipinski definition) is 6. The third-order valence-corrected chi connectivity index (χ3v) is 3.84. The SMILES string of the molecule is CC(C)Oc1ccnc2c(C(=O)O)c(NC(=O)OC(C)(C)C)sc12. The molecule has 1 amide bonds. The molecule has 0 aromatic carbocycles. The molecule has 2 N–H and O–H groups in total. The van der Waals surface area contributed by atoms with Gasteiger partial charge in [-0.05, 0) is 40.7 Å². The molecule has 0 atom stereocenters. The second kappa shape index (κ2) is 6.64. The zero-order valence-electron chi connectivity index (χ0n) is 14.2. The van der Waals surface area contributed by atoms with E-state index in [9.17, 15) is 14.7 Å². The molecule has 0 radical (unpaired) electrons. The lowest BCUT2D eigenvalue weighted by Gasteiger charge is -2.19. The van der Waals surface area contributed by atoms with Crippen LogP contribution in [0.4, 0.5) is 9.80 Å². The summed E-state index contributed by atoms with van der Waals surface area (Å²) in [7, 11) is 0. The molecule has 2 aromatic rings. The van der Waals surface area contributed by atoms with Crippen LogP contribution in [-0.4, -0.2) is 33.9 Å². The lowest BCUT2D eigenvalue weighted by Crippen LogP contribution is -2.27. The fourth-order valence-corrected chi connectivity index (χ4v) is 3.09. The molecule has 7 nitrogen and oxygen atoms in total. The van der Waals surface area contributed by atoms with Gasteiger partial charge in [-0.25, -0.2) is 9.59 Å². The first-order chi connectivity index (χ1) is 11.1. The summed E-state index contributed by atoms with van der Waals surface area (Å²) < 4.78 is 11.4. The van der Waals surface area contributed by atoms with E-state index < -0.39 is 17.7 Å². The van der Waals surface area contributed by atoms with Gasteiger partial charge in [0.1, 0.15) is 27.4 Å². The lowest BCUT2D eigenvalue weighted by atomic mass is 10.2. The molecule has 130 valence electrons. The van der Waals surface area contributed by atoms with Gasteiger partial charge < -0.3 is 14.6 Å². The van der Waals surface area contributed by atoms with E-state index in [1.807, 2.05) is 13.8 Å². The molecule has 2 heterocycles. The molecule has 0 spiro atoms. The van der Waals surface area contributed by atoms with Crippen molar-refractivity contribution in [1.82, 2.24) is 4.98 Å². The van der Waals surface area contributed by atoms with Gasteiger partial charge in [0.2, 0.25) is 0 Å². The smallest absolute Gasteiger partial charge is 0.412 e. The molecule has 0 fully saturated rings. The standard InChI is InChI=1S/C16H20N2O5S/c1-8(2)22-9-6-7-17-11-10(14(19)20)13(24-12(9)11)18-15(21)23-16(3,4)5/h6-8H,1-5H3,(H,18,21)(H,19,20). The van der Waals surface area contributed by atoms with Crippen LogP contribution in [0.25, 0.3) is 10.2 Å². The van der Waals surface area contributed by atoms with Gasteiger partial charge in [0.15, 0.2) is 0 Å². The van der Waals surface area contributed by atoms with Crippen LogP contribution in [0.5, 0.6) is 5.75 Å². The Hall–Kier alpha value is -2.35. The molecular weight excluding hydrogens is 332 g/mol. The van der Waals surface area contributed by atoms with Gasteiger partial charge in [-0.3, -0.25) is 10.3 Å². The lowest BCUT2D eigenvalue weighted by molar-refractivity contribution is 0.0636. The van der Waals surface area contributed by atoms with Crippen LogP contribution < -0.4 is 10.1 Å². The van der Waals surface area contributed by atoms with E-state index >= 15 is 0 Å². The first-order valence-corrected chi connectivity index (χ1v) is 8.21. The second-order valence-electron chi connectivity index (χ2n) is 6.39. The average Bonchev–Trinajstić information content (AvgIpc) is 2.74. The first kappa shape index (κ1) is 18.0. The van der Waals surface area contributed by atoms with Crippen LogP contribution >= 0.6 is 11.3 Å². The number of ether oxygens (including phenoxy) is 2. The largest absolute Gasteiger partial charge is 0.489 e. The summed E-state index contributed by atoms with van der Waals surface area (Å²) in [4.78, 5) is 27.7. The molecule has 2 rings (SSSR count). The van der Waals surface area contributed by atoms with E-state index in [0.717, 1.165) is 11.3 Å². The van der Waals surface area contributed by atoms with Crippen molar-refractivity contribution in [2.45, 2.75) is 46.3 Å². The Morgan fingerprint density at radius 1 is 1.33 bits per heavy atom. The molecule has 0 saturated heterocycles. The number of carbonyl (C=O) groups is 2. The first-order valence-electron chi connectivity index (χ1n) is 7.40. The van der Waals surface area contributed by atoms with Gasteiger partial charge in [-0.15, -0.1) is 11.3 Å². The number of aromatic nitrogens is 1. The van der Waals surface area contributed by atoms with Gasteiger partial charge in [0.25, 0.3) is 0 Å². The number of fused-ring (bicyclic) bond motifs is 1. The Balaban J connectivity index is 2.47. The summed E-state index contributed by atoms with van der Waals surface area (Å²) in [5, 5.41) is 12.2. The minimum absolute atomic E-state index is 0.0740. The minimum atomic E-state index is -1.18. The average molecular weight is 352 g/mol. The number of rotatable bonds is 4. The van der Waals surface area contributed by atoms with E-state index in [-0.39, 0.29) is 22.2 Å². The highest BCUT2D eigenvalue weighted by atomic mass is 32.1. The third-order valence-electron chi connectivity index (χ3n) is 2.73. The van der Waals surface area contributed by atoms with Crippen LogP contribution in [0.1, 0.15) is 45.0 Å². The van der Waals surface area contributed by atoms with E-state index in [4.69, 9.17) is 9.47 Å². The van der Waals surface area contributed by atoms with Crippen LogP contribution in [-0.2, 0) is 4.74 Å². The third kappa shape index (κ3) is 4.14. The number of pyridine rings is 1. The quantitative estimate of drug-likeness (QED) is 0.858. The maximum Gasteiger partial charge on any atom is 0.412 e. The molecule has 0 aliphatic carbocycles. The number of nitrogens with one attached hydrogen (secondary N) is 1. The maximum absolute atomic E-state index is 12.0. The highest BCUT2D eigenvalue weighted by Gasteiger charge is 2.25. The van der Waals surface area contributed by atoms with E-state index in [0.29, 0.717) is 10.4 Å². The van der Waals surface area contributed by atoms with Crippen molar-refractivity contribution in [2.24, 2.45) is 0 Å². The Morgan fingerprint density at radius 3 is 2.54 bits per heavy atom. The number of carbonyl (C=O) groups excluding carboxylic acids is 1. The summed E-state index contributed by atoms with van der Waals surface area (Å²) in [5.74, 6) is -0.652. The zero-order valence-corrected chi connectivity index (χ0v) is 15.0. The van der Waals surface area contributed by atoms with Crippen LogP contribution in [0.15, 0.2) is 12.3 Å². The van der Waals surface area contributed by atoms with Gasteiger partial charge in [0.05, 0.1) is 10.8 Å². The summed E-state index contributed by atoms with van der Waals surface area (Å²) in [6.45, 7) is 8.93. The van der Waals surface area contributed by atoms with Gasteiger partial charge in [-0.2, -0.15) is 0 Å². The highest BCUT2D eigenvalue weighted by Crippen LogP contribution is 2.40. The topological polar surface area (TPSA) is 97.8 Å². The molecule has 24 heavy (non-hydrogen) atoms. The van der Waals surface area contributed by atoms with Crippen molar-refractivity contribution in [3.8, 4) is 5.75 Å². The number of thiophene rings is 1. The summed E-state index contributed by atoms with van der Waals surface area (Å²) >= 11 is 1.09. The summed E-state index contributed by atoms with van der Waals surface area (Å²) in [5.41, 5.74) is -0.485. The minimum Gasteiger partial charge on any atom is -0.489 e. The summed E-state index contributed by atoms with van der Waals surface area (Å²) in [6, 6.07) is 1.67. The number of hydrogen-bond donors (Lipinski definition) is 2. The van der Waals surface area contributed by atoms with Crippen LogP contribution in [0.3, 0.4) is 0 Å². The Kier molecular flexibility index (Phi) is 4.98. The monoisotopic (exact) mass is 352 g/mol. The van der Waals surface area contributed by atoms with E-state index in [1.165, 1.54) is 6.20 Å². The van der Waals surface area contributed by atoms with Gasteiger partial charge in [0, 0.05) is 6.20 Å². The van der Waals surface area contributed by atoms with Crippen molar-refractivity contribution in [3.63, 3.8) is 0 Å². The molecule has 0 aliphatic rings. The van der Waals surface area contributed by atoms with Gasteiger partial charge in [-0.1, -0.05) is 0 Å². The van der Waals surface area contributed by atoms with Crippen molar-refractivity contribution in [2.75, 3.05) is 5.32 Å². The van der Waals surface area contributed by atoms with Crippen molar-refractivity contribution < 1.29 is 24.2 Å². The zero-order chi connectivity index (χ0) is 18.1. The highest BCUT2D eigenvalue weighted by molar-refractivity contribution is 7.23. The number of anilines is 1. The van der Waals surface area contributed by atoms with Crippen LogP contribution in [0, 0.1) is 0 Å². The number of carboxylic acid groups (broad SMARTS) is 1. The molecule has 0 unspecified atom stereocenters. The Morgan fingerprint density at radius 2 is 2.00 bits per heavy atom. The molecule has 2 aromatic heterocycles. The van der Waals surface area contributed by atoms with Crippen molar-refractivity contribution in [3.05, 3.63) is 17.8 Å². The number of nitrogens with zero attached hydrogens (tertiary/aromatic N) is 1. The molecule has 0 bridgehead atoms. The number of carboxylic acids is 1. The van der Waals surface area contributed by atoms with Crippen molar-refractivity contribution in [1.29, 1.82) is 0 Å². The Bertz CT molecular complexity index is 777. The fourth-order valence-electron chi connectivity index (χ4n) is 2.00. The van der Waals surface area contributed by atoms with Gasteiger partial charge >= 0.3 is 12.1 Å². The Labute approximate surface area is 143 Å². The summed E-state index contributed by atoms with van der Waals surface area (Å²) in [6.07, 6.45) is 0.687. The molecule has 8 heteroatoms. The molecule has 0 aliphatic heterocycles. The predicted octanol–water partition coefficient (Wildman–Crippen LogP) is 4.13. The number of amides is 1. The number of aromatic carboxylic acids is 1. The predicted molar refractivity (Wildman–Crippen MR) is 92.2 cm³/mol. The fraction of sp³-hybridized carbons (Fsp3) is 0.438. The molecular formula is C16H20N2O5S.